The normalized spacial score (nSPS) is 14.7. The molecule has 1 aliphatic heterocycles. The molecule has 1 saturated heterocycles. The number of hydrogen-bond acceptors (Lipinski definition) is 3. The number of nitrogens with zero attached hydrogens (tertiary/aromatic N) is 2. The second kappa shape index (κ2) is 6.54. The van der Waals surface area contributed by atoms with Crippen LogP contribution in [0.4, 0.5) is 11.5 Å². The number of pyridine rings is 1. The van der Waals surface area contributed by atoms with Crippen molar-refractivity contribution in [2.45, 2.75) is 19.3 Å². The van der Waals surface area contributed by atoms with Gasteiger partial charge in [-0.15, -0.1) is 0 Å². The maximum Gasteiger partial charge on any atom is 0.259 e. The predicted molar refractivity (Wildman–Crippen MR) is 108 cm³/mol. The molecule has 5 rings (SSSR count). The summed E-state index contributed by atoms with van der Waals surface area (Å²) in [6.45, 7) is 1.93. The first kappa shape index (κ1) is 16.1. The summed E-state index contributed by atoms with van der Waals surface area (Å²) >= 11 is 0. The van der Waals surface area contributed by atoms with Gasteiger partial charge in [-0.25, -0.2) is 4.98 Å². The van der Waals surface area contributed by atoms with Gasteiger partial charge in [0, 0.05) is 25.0 Å². The van der Waals surface area contributed by atoms with E-state index in [1.54, 1.807) is 6.20 Å². The molecule has 4 nitrogen and oxygen atoms in total. The lowest BCUT2D eigenvalue weighted by Gasteiger charge is -2.19. The summed E-state index contributed by atoms with van der Waals surface area (Å²) in [5.41, 5.74) is 6.65. The highest BCUT2D eigenvalue weighted by atomic mass is 16.1. The average molecular weight is 355 g/mol. The molecule has 1 N–H and O–H groups in total. The first-order valence-corrected chi connectivity index (χ1v) is 9.52. The van der Waals surface area contributed by atoms with Gasteiger partial charge in [0.05, 0.1) is 5.56 Å². The van der Waals surface area contributed by atoms with Crippen LogP contribution in [0.3, 0.4) is 0 Å². The number of nitrogens with one attached hydrogen (secondary N) is 1. The van der Waals surface area contributed by atoms with E-state index < -0.39 is 0 Å². The van der Waals surface area contributed by atoms with Crippen LogP contribution in [0.1, 0.15) is 34.3 Å². The summed E-state index contributed by atoms with van der Waals surface area (Å²) in [5, 5.41) is 3.07. The van der Waals surface area contributed by atoms with Crippen molar-refractivity contribution in [3.8, 4) is 11.1 Å². The number of rotatable bonds is 3. The Morgan fingerprint density at radius 1 is 0.926 bits per heavy atom. The monoisotopic (exact) mass is 355 g/mol. The molecule has 2 aromatic carbocycles. The standard InChI is InChI=1S/C23H21N3O/c27-23(21-8-5-11-24-22(21)26-12-3-4-13-26)25-18-9-10-20-17(15-18)14-16-6-1-2-7-19(16)20/h1-2,5-11,15H,3-4,12-14H2,(H,25,27). The maximum atomic E-state index is 12.9. The molecule has 0 saturated carbocycles. The fourth-order valence-electron chi connectivity index (χ4n) is 4.18. The Morgan fingerprint density at radius 3 is 2.63 bits per heavy atom. The van der Waals surface area contributed by atoms with Crippen molar-refractivity contribution in [2.24, 2.45) is 0 Å². The number of anilines is 2. The van der Waals surface area contributed by atoms with Crippen molar-refractivity contribution in [3.63, 3.8) is 0 Å². The minimum absolute atomic E-state index is 0.0968. The van der Waals surface area contributed by atoms with E-state index in [-0.39, 0.29) is 5.91 Å². The number of amides is 1. The lowest BCUT2D eigenvalue weighted by atomic mass is 10.1. The van der Waals surface area contributed by atoms with Gasteiger partial charge in [0.15, 0.2) is 0 Å². The minimum Gasteiger partial charge on any atom is -0.356 e. The minimum atomic E-state index is -0.0968. The zero-order chi connectivity index (χ0) is 18.2. The van der Waals surface area contributed by atoms with Crippen LogP contribution in [0.2, 0.25) is 0 Å². The fourth-order valence-corrected chi connectivity index (χ4v) is 4.18. The number of aromatic nitrogens is 1. The number of carbonyl (C=O) groups excluding carboxylic acids is 1. The van der Waals surface area contributed by atoms with E-state index in [1.165, 1.54) is 22.3 Å². The quantitative estimate of drug-likeness (QED) is 0.588. The van der Waals surface area contributed by atoms with Gasteiger partial charge in [-0.2, -0.15) is 0 Å². The van der Waals surface area contributed by atoms with E-state index in [0.717, 1.165) is 43.9 Å². The number of carbonyl (C=O) groups is 1. The van der Waals surface area contributed by atoms with Gasteiger partial charge in [0.2, 0.25) is 0 Å². The van der Waals surface area contributed by atoms with Crippen molar-refractivity contribution in [1.29, 1.82) is 0 Å². The number of hydrogen-bond donors (Lipinski definition) is 1. The molecule has 0 bridgehead atoms. The highest BCUT2D eigenvalue weighted by Gasteiger charge is 2.22. The van der Waals surface area contributed by atoms with Crippen LogP contribution in [-0.4, -0.2) is 24.0 Å². The second-order valence-electron chi connectivity index (χ2n) is 7.23. The molecular weight excluding hydrogens is 334 g/mol. The van der Waals surface area contributed by atoms with Gasteiger partial charge < -0.3 is 10.2 Å². The Kier molecular flexibility index (Phi) is 3.89. The van der Waals surface area contributed by atoms with E-state index >= 15 is 0 Å². The summed E-state index contributed by atoms with van der Waals surface area (Å²) < 4.78 is 0. The van der Waals surface area contributed by atoms with Crippen molar-refractivity contribution < 1.29 is 4.79 Å². The van der Waals surface area contributed by atoms with E-state index in [1.807, 2.05) is 18.2 Å². The maximum absolute atomic E-state index is 12.9. The van der Waals surface area contributed by atoms with Crippen molar-refractivity contribution in [1.82, 2.24) is 4.98 Å². The van der Waals surface area contributed by atoms with E-state index in [9.17, 15) is 4.79 Å². The van der Waals surface area contributed by atoms with Gasteiger partial charge >= 0.3 is 0 Å². The molecule has 2 aliphatic rings. The third-order valence-corrected chi connectivity index (χ3v) is 5.49. The molecule has 0 spiro atoms. The molecule has 0 unspecified atom stereocenters. The third kappa shape index (κ3) is 2.87. The van der Waals surface area contributed by atoms with Gasteiger partial charge in [0.25, 0.3) is 5.91 Å². The Labute approximate surface area is 158 Å². The Balaban J connectivity index is 1.41. The molecule has 1 aliphatic carbocycles. The van der Waals surface area contributed by atoms with E-state index in [2.05, 4.69) is 51.6 Å². The van der Waals surface area contributed by atoms with Crippen LogP contribution in [0.15, 0.2) is 60.8 Å². The highest BCUT2D eigenvalue weighted by molar-refractivity contribution is 6.07. The summed E-state index contributed by atoms with van der Waals surface area (Å²) in [5.74, 6) is 0.696. The summed E-state index contributed by atoms with van der Waals surface area (Å²) in [6.07, 6.45) is 4.99. The van der Waals surface area contributed by atoms with E-state index in [4.69, 9.17) is 0 Å². The zero-order valence-electron chi connectivity index (χ0n) is 15.1. The van der Waals surface area contributed by atoms with Crippen molar-refractivity contribution in [3.05, 3.63) is 77.5 Å². The molecule has 4 heteroatoms. The topological polar surface area (TPSA) is 45.2 Å². The smallest absolute Gasteiger partial charge is 0.259 e. The Bertz CT molecular complexity index is 1020. The molecule has 1 fully saturated rings. The second-order valence-corrected chi connectivity index (χ2v) is 7.23. The summed E-state index contributed by atoms with van der Waals surface area (Å²) in [4.78, 5) is 19.6. The third-order valence-electron chi connectivity index (χ3n) is 5.49. The van der Waals surface area contributed by atoms with Crippen LogP contribution >= 0.6 is 0 Å². The zero-order valence-corrected chi connectivity index (χ0v) is 15.1. The molecule has 1 amide bonds. The molecule has 134 valence electrons. The summed E-state index contributed by atoms with van der Waals surface area (Å²) in [7, 11) is 0. The van der Waals surface area contributed by atoms with Crippen LogP contribution in [0, 0.1) is 0 Å². The van der Waals surface area contributed by atoms with Gasteiger partial charge in [-0.1, -0.05) is 30.3 Å². The van der Waals surface area contributed by atoms with Crippen molar-refractivity contribution >= 4 is 17.4 Å². The van der Waals surface area contributed by atoms with Crippen LogP contribution in [-0.2, 0) is 6.42 Å². The van der Waals surface area contributed by atoms with E-state index in [0.29, 0.717) is 5.56 Å². The fraction of sp³-hybridized carbons (Fsp3) is 0.217. The molecule has 1 aromatic heterocycles. The SMILES string of the molecule is O=C(Nc1ccc2c(c1)Cc1ccccc1-2)c1cccnc1N1CCCC1. The molecule has 0 atom stereocenters. The van der Waals surface area contributed by atoms with Gasteiger partial charge in [-0.05, 0) is 65.8 Å². The van der Waals surface area contributed by atoms with Crippen LogP contribution in [0.25, 0.3) is 11.1 Å². The number of benzene rings is 2. The van der Waals surface area contributed by atoms with Gasteiger partial charge in [-0.3, -0.25) is 4.79 Å². The molecule has 2 heterocycles. The first-order chi connectivity index (χ1) is 13.3. The van der Waals surface area contributed by atoms with Gasteiger partial charge in [0.1, 0.15) is 5.82 Å². The lowest BCUT2D eigenvalue weighted by molar-refractivity contribution is 0.102. The average Bonchev–Trinajstić information content (AvgIpc) is 3.35. The molecular formula is C23H21N3O. The molecule has 3 aromatic rings. The summed E-state index contributed by atoms with van der Waals surface area (Å²) in [6, 6.07) is 18.4. The van der Waals surface area contributed by atoms with Crippen LogP contribution < -0.4 is 10.2 Å². The Hall–Kier alpha value is -3.14. The largest absolute Gasteiger partial charge is 0.356 e. The van der Waals surface area contributed by atoms with Crippen molar-refractivity contribution in [2.75, 3.05) is 23.3 Å². The first-order valence-electron chi connectivity index (χ1n) is 9.52. The lowest BCUT2D eigenvalue weighted by Crippen LogP contribution is -2.24. The molecule has 27 heavy (non-hydrogen) atoms. The predicted octanol–water partition coefficient (Wildman–Crippen LogP) is 4.51. The molecule has 0 radical (unpaired) electrons. The number of fused-ring (bicyclic) bond motifs is 3. The highest BCUT2D eigenvalue weighted by Crippen LogP contribution is 2.37. The van der Waals surface area contributed by atoms with Crippen LogP contribution in [0.5, 0.6) is 0 Å². The Morgan fingerprint density at radius 2 is 1.74 bits per heavy atom.